The summed E-state index contributed by atoms with van der Waals surface area (Å²) in [5.74, 6) is 0. The smallest absolute Gasteiger partial charge is 0.0900 e. The van der Waals surface area contributed by atoms with Crippen LogP contribution in [0.25, 0.3) is 0 Å². The number of hydrogen-bond donors (Lipinski definition) is 1. The van der Waals surface area contributed by atoms with Gasteiger partial charge in [0.2, 0.25) is 0 Å². The Morgan fingerprint density at radius 3 is 2.88 bits per heavy atom. The molecule has 2 rings (SSSR count). The standard InChI is InChI=1S/C13H23N3S/c1-9-8-16(7-5-6-14-9)11(3)13-10(2)15-12(4)17-13/h9,11,14H,5-8H2,1-4H3. The molecule has 0 aromatic carbocycles. The van der Waals surface area contributed by atoms with Crippen LogP contribution in [0.1, 0.15) is 41.9 Å². The molecule has 0 radical (unpaired) electrons. The molecule has 1 aromatic heterocycles. The lowest BCUT2D eigenvalue weighted by molar-refractivity contribution is 0.212. The molecule has 1 N–H and O–H groups in total. The van der Waals surface area contributed by atoms with E-state index in [9.17, 15) is 0 Å². The fourth-order valence-corrected chi connectivity index (χ4v) is 3.60. The zero-order valence-electron chi connectivity index (χ0n) is 11.3. The highest BCUT2D eigenvalue weighted by atomic mass is 32.1. The van der Waals surface area contributed by atoms with Gasteiger partial charge in [-0.1, -0.05) is 0 Å². The molecule has 0 amide bonds. The van der Waals surface area contributed by atoms with Crippen molar-refractivity contribution < 1.29 is 0 Å². The first-order valence-corrected chi connectivity index (χ1v) is 7.31. The maximum absolute atomic E-state index is 4.55. The van der Waals surface area contributed by atoms with Crippen LogP contribution in [0.4, 0.5) is 0 Å². The van der Waals surface area contributed by atoms with E-state index < -0.39 is 0 Å². The van der Waals surface area contributed by atoms with Crippen molar-refractivity contribution in [2.24, 2.45) is 0 Å². The molecule has 1 saturated heterocycles. The van der Waals surface area contributed by atoms with Gasteiger partial charge in [-0.05, 0) is 40.7 Å². The minimum Gasteiger partial charge on any atom is -0.313 e. The summed E-state index contributed by atoms with van der Waals surface area (Å²) >= 11 is 1.85. The van der Waals surface area contributed by atoms with Gasteiger partial charge in [-0.25, -0.2) is 4.98 Å². The van der Waals surface area contributed by atoms with E-state index in [4.69, 9.17) is 0 Å². The summed E-state index contributed by atoms with van der Waals surface area (Å²) in [5.41, 5.74) is 1.21. The summed E-state index contributed by atoms with van der Waals surface area (Å²) in [6.07, 6.45) is 1.24. The van der Waals surface area contributed by atoms with Gasteiger partial charge in [0.25, 0.3) is 0 Å². The molecule has 1 aliphatic heterocycles. The molecule has 3 nitrogen and oxygen atoms in total. The molecule has 1 aromatic rings. The lowest BCUT2D eigenvalue weighted by Gasteiger charge is -2.28. The van der Waals surface area contributed by atoms with Gasteiger partial charge in [-0.3, -0.25) is 4.90 Å². The van der Waals surface area contributed by atoms with Crippen molar-refractivity contribution in [3.05, 3.63) is 15.6 Å². The maximum Gasteiger partial charge on any atom is 0.0900 e. The van der Waals surface area contributed by atoms with Crippen LogP contribution in [-0.2, 0) is 0 Å². The zero-order valence-corrected chi connectivity index (χ0v) is 12.1. The monoisotopic (exact) mass is 253 g/mol. The van der Waals surface area contributed by atoms with Gasteiger partial charge in [0.15, 0.2) is 0 Å². The molecule has 2 atom stereocenters. The molecule has 0 saturated carbocycles. The molecule has 1 aliphatic rings. The molecule has 96 valence electrons. The molecule has 0 aliphatic carbocycles. The Labute approximate surface area is 108 Å². The third-order valence-corrected chi connectivity index (χ3v) is 4.73. The van der Waals surface area contributed by atoms with Crippen molar-refractivity contribution in [1.29, 1.82) is 0 Å². The van der Waals surface area contributed by atoms with Crippen LogP contribution < -0.4 is 5.32 Å². The van der Waals surface area contributed by atoms with Crippen LogP contribution in [0.2, 0.25) is 0 Å². The lowest BCUT2D eigenvalue weighted by atomic mass is 10.2. The summed E-state index contributed by atoms with van der Waals surface area (Å²) in [7, 11) is 0. The number of hydrogen-bond acceptors (Lipinski definition) is 4. The van der Waals surface area contributed by atoms with Gasteiger partial charge in [0.1, 0.15) is 0 Å². The molecule has 2 unspecified atom stereocenters. The van der Waals surface area contributed by atoms with E-state index in [1.807, 2.05) is 11.3 Å². The third-order valence-electron chi connectivity index (χ3n) is 3.49. The Balaban J connectivity index is 2.12. The number of aromatic nitrogens is 1. The van der Waals surface area contributed by atoms with Crippen LogP contribution in [0, 0.1) is 13.8 Å². The number of nitrogens with zero attached hydrogens (tertiary/aromatic N) is 2. The second-order valence-electron chi connectivity index (χ2n) is 5.06. The largest absolute Gasteiger partial charge is 0.313 e. The maximum atomic E-state index is 4.55. The second-order valence-corrected chi connectivity index (χ2v) is 6.30. The van der Waals surface area contributed by atoms with E-state index in [1.54, 1.807) is 0 Å². The van der Waals surface area contributed by atoms with Crippen LogP contribution in [0.15, 0.2) is 0 Å². The van der Waals surface area contributed by atoms with E-state index in [0.29, 0.717) is 12.1 Å². The number of rotatable bonds is 2. The minimum atomic E-state index is 0.503. The van der Waals surface area contributed by atoms with E-state index in [0.717, 1.165) is 13.1 Å². The molecule has 17 heavy (non-hydrogen) atoms. The molecule has 0 spiro atoms. The van der Waals surface area contributed by atoms with Crippen molar-refractivity contribution in [2.75, 3.05) is 19.6 Å². The van der Waals surface area contributed by atoms with Gasteiger partial charge in [0, 0.05) is 30.1 Å². The first-order chi connectivity index (χ1) is 8.08. The Bertz CT molecular complexity index is 375. The summed E-state index contributed by atoms with van der Waals surface area (Å²) in [4.78, 5) is 8.57. The summed E-state index contributed by atoms with van der Waals surface area (Å²) in [6, 6.07) is 1.10. The molecular formula is C13H23N3S. The van der Waals surface area contributed by atoms with Gasteiger partial charge in [0.05, 0.1) is 10.7 Å². The topological polar surface area (TPSA) is 28.2 Å². The van der Waals surface area contributed by atoms with Crippen LogP contribution in [-0.4, -0.2) is 35.6 Å². The van der Waals surface area contributed by atoms with E-state index >= 15 is 0 Å². The van der Waals surface area contributed by atoms with Crippen molar-refractivity contribution in [2.45, 2.75) is 46.2 Å². The zero-order chi connectivity index (χ0) is 12.4. The van der Waals surface area contributed by atoms with Crippen molar-refractivity contribution >= 4 is 11.3 Å². The first kappa shape index (κ1) is 13.0. The van der Waals surface area contributed by atoms with Crippen LogP contribution in [0.5, 0.6) is 0 Å². The van der Waals surface area contributed by atoms with Gasteiger partial charge >= 0.3 is 0 Å². The predicted molar refractivity (Wildman–Crippen MR) is 73.7 cm³/mol. The second kappa shape index (κ2) is 5.46. The van der Waals surface area contributed by atoms with Crippen molar-refractivity contribution in [3.63, 3.8) is 0 Å². The Morgan fingerprint density at radius 1 is 1.47 bits per heavy atom. The van der Waals surface area contributed by atoms with Crippen LogP contribution in [0.3, 0.4) is 0 Å². The average molecular weight is 253 g/mol. The van der Waals surface area contributed by atoms with E-state index in [2.05, 4.69) is 42.9 Å². The number of nitrogens with one attached hydrogen (secondary N) is 1. The predicted octanol–water partition coefficient (Wildman–Crippen LogP) is 2.50. The Morgan fingerprint density at radius 2 is 2.24 bits per heavy atom. The first-order valence-electron chi connectivity index (χ1n) is 6.49. The number of thiazole rings is 1. The summed E-state index contributed by atoms with van der Waals surface area (Å²) in [6.45, 7) is 12.3. The fourth-order valence-electron chi connectivity index (χ4n) is 2.59. The highest BCUT2D eigenvalue weighted by molar-refractivity contribution is 7.11. The minimum absolute atomic E-state index is 0.503. The molecule has 0 bridgehead atoms. The summed E-state index contributed by atoms with van der Waals surface area (Å²) in [5, 5.41) is 4.73. The van der Waals surface area contributed by atoms with Gasteiger partial charge in [-0.15, -0.1) is 11.3 Å². The SMILES string of the molecule is Cc1nc(C)c(C(C)N2CCCNC(C)C2)s1. The third kappa shape index (κ3) is 3.06. The van der Waals surface area contributed by atoms with Gasteiger partial charge < -0.3 is 5.32 Å². The molecule has 2 heterocycles. The Kier molecular flexibility index (Phi) is 4.17. The highest BCUT2D eigenvalue weighted by Crippen LogP contribution is 2.29. The van der Waals surface area contributed by atoms with Crippen molar-refractivity contribution in [1.82, 2.24) is 15.2 Å². The van der Waals surface area contributed by atoms with Crippen molar-refractivity contribution in [3.8, 4) is 0 Å². The quantitative estimate of drug-likeness (QED) is 0.878. The number of aryl methyl sites for hydroxylation is 2. The van der Waals surface area contributed by atoms with Crippen LogP contribution >= 0.6 is 11.3 Å². The van der Waals surface area contributed by atoms with E-state index in [-0.39, 0.29) is 0 Å². The lowest BCUT2D eigenvalue weighted by Crippen LogP contribution is -2.36. The molecule has 1 fully saturated rings. The normalized spacial score (nSPS) is 24.6. The Hall–Kier alpha value is -0.450. The fraction of sp³-hybridized carbons (Fsp3) is 0.769. The van der Waals surface area contributed by atoms with E-state index in [1.165, 1.54) is 28.5 Å². The van der Waals surface area contributed by atoms with Gasteiger partial charge in [-0.2, -0.15) is 0 Å². The summed E-state index contributed by atoms with van der Waals surface area (Å²) < 4.78 is 0. The highest BCUT2D eigenvalue weighted by Gasteiger charge is 2.23. The molecular weight excluding hydrogens is 230 g/mol. The average Bonchev–Trinajstić information content (AvgIpc) is 2.49. The molecule has 4 heteroatoms.